The van der Waals surface area contributed by atoms with Gasteiger partial charge in [0.05, 0.1) is 11.1 Å². The Labute approximate surface area is 134 Å². The Kier molecular flexibility index (Phi) is 4.10. The Balaban J connectivity index is 3.20. The van der Waals surface area contributed by atoms with Crippen LogP contribution < -0.4 is 0 Å². The van der Waals surface area contributed by atoms with E-state index in [1.807, 2.05) is 0 Å². The van der Waals surface area contributed by atoms with E-state index in [0.717, 1.165) is 12.1 Å². The summed E-state index contributed by atoms with van der Waals surface area (Å²) in [6.07, 6.45) is 0. The van der Waals surface area contributed by atoms with Crippen LogP contribution in [0.1, 0.15) is 20.7 Å². The van der Waals surface area contributed by atoms with Crippen molar-refractivity contribution in [1.82, 2.24) is 0 Å². The second kappa shape index (κ2) is 5.52. The van der Waals surface area contributed by atoms with Crippen molar-refractivity contribution >= 4 is 42.9 Å². The molecule has 0 heterocycles. The van der Waals surface area contributed by atoms with Gasteiger partial charge in [-0.3, -0.25) is 9.11 Å². The lowest BCUT2D eigenvalue weighted by Crippen LogP contribution is -2.12. The van der Waals surface area contributed by atoms with Crippen LogP contribution in [0.2, 0.25) is 0 Å². The lowest BCUT2D eigenvalue weighted by atomic mass is 10.0. The average molecular weight is 376 g/mol. The third-order valence-corrected chi connectivity index (χ3v) is 4.99. The van der Waals surface area contributed by atoms with Crippen LogP contribution in [0.3, 0.4) is 0 Å². The highest BCUT2D eigenvalue weighted by atomic mass is 32.2. The SMILES string of the molecule is O=C(O)c1ccc2c(S(=O)(=O)O)c(C(=O)O)ccc2c1S(=O)(=O)O. The van der Waals surface area contributed by atoms with Gasteiger partial charge in [0.2, 0.25) is 0 Å². The predicted molar refractivity (Wildman–Crippen MR) is 77.5 cm³/mol. The smallest absolute Gasteiger partial charge is 0.337 e. The lowest BCUT2D eigenvalue weighted by molar-refractivity contribution is 0.0681. The van der Waals surface area contributed by atoms with Crippen molar-refractivity contribution in [3.63, 3.8) is 0 Å². The summed E-state index contributed by atoms with van der Waals surface area (Å²) < 4.78 is 64.6. The summed E-state index contributed by atoms with van der Waals surface area (Å²) >= 11 is 0. The van der Waals surface area contributed by atoms with Crippen molar-refractivity contribution < 1.29 is 45.7 Å². The molecule has 0 atom stereocenters. The summed E-state index contributed by atoms with van der Waals surface area (Å²) in [7, 11) is -10.2. The highest BCUT2D eigenvalue weighted by molar-refractivity contribution is 7.86. The fourth-order valence-electron chi connectivity index (χ4n) is 2.24. The van der Waals surface area contributed by atoms with E-state index in [0.29, 0.717) is 12.1 Å². The number of carbonyl (C=O) groups is 2. The van der Waals surface area contributed by atoms with E-state index in [2.05, 4.69) is 0 Å². The molecule has 0 aliphatic carbocycles. The topological polar surface area (TPSA) is 183 Å². The molecule has 0 aromatic heterocycles. The van der Waals surface area contributed by atoms with Crippen LogP contribution in [0.5, 0.6) is 0 Å². The maximum atomic E-state index is 11.5. The van der Waals surface area contributed by atoms with Gasteiger partial charge < -0.3 is 10.2 Å². The molecule has 4 N–H and O–H groups in total. The third kappa shape index (κ3) is 2.94. The highest BCUT2D eigenvalue weighted by Gasteiger charge is 2.29. The Hall–Kier alpha value is -2.54. The van der Waals surface area contributed by atoms with Gasteiger partial charge in [0.15, 0.2) is 0 Å². The van der Waals surface area contributed by atoms with Crippen molar-refractivity contribution in [2.45, 2.75) is 9.79 Å². The van der Waals surface area contributed by atoms with Gasteiger partial charge in [-0.05, 0) is 12.1 Å². The molecule has 0 saturated carbocycles. The third-order valence-electron chi connectivity index (χ3n) is 3.08. The van der Waals surface area contributed by atoms with E-state index in [9.17, 15) is 35.5 Å². The average Bonchev–Trinajstić information content (AvgIpc) is 2.41. The highest BCUT2D eigenvalue weighted by Crippen LogP contribution is 2.33. The monoisotopic (exact) mass is 376 g/mol. The Morgan fingerprint density at radius 2 is 0.958 bits per heavy atom. The zero-order chi connectivity index (χ0) is 18.4. The van der Waals surface area contributed by atoms with Gasteiger partial charge in [0.1, 0.15) is 9.79 Å². The number of fused-ring (bicyclic) bond motifs is 1. The molecule has 0 aliphatic rings. The molecule has 2 rings (SSSR count). The molecule has 2 aromatic rings. The van der Waals surface area contributed by atoms with Crippen LogP contribution in [-0.4, -0.2) is 48.1 Å². The minimum absolute atomic E-state index is 0.574. The van der Waals surface area contributed by atoms with Gasteiger partial charge in [0, 0.05) is 10.8 Å². The number of rotatable bonds is 4. The van der Waals surface area contributed by atoms with E-state index in [-0.39, 0.29) is 0 Å². The van der Waals surface area contributed by atoms with Gasteiger partial charge in [-0.25, -0.2) is 9.59 Å². The molecule has 0 unspecified atom stereocenters. The van der Waals surface area contributed by atoms with Crippen molar-refractivity contribution in [1.29, 1.82) is 0 Å². The van der Waals surface area contributed by atoms with Gasteiger partial charge >= 0.3 is 11.9 Å². The summed E-state index contributed by atoms with van der Waals surface area (Å²) in [4.78, 5) is 20.0. The van der Waals surface area contributed by atoms with Crippen LogP contribution in [-0.2, 0) is 20.2 Å². The van der Waals surface area contributed by atoms with Gasteiger partial charge in [-0.15, -0.1) is 0 Å². The largest absolute Gasteiger partial charge is 0.478 e. The fraction of sp³-hybridized carbons (Fsp3) is 0. The van der Waals surface area contributed by atoms with E-state index < -0.39 is 63.9 Å². The van der Waals surface area contributed by atoms with Crippen LogP contribution in [0.4, 0.5) is 0 Å². The number of hydrogen-bond donors (Lipinski definition) is 4. The maximum absolute atomic E-state index is 11.5. The number of hydrogen-bond acceptors (Lipinski definition) is 6. The number of carboxylic acid groups (broad SMARTS) is 2. The molecule has 10 nitrogen and oxygen atoms in total. The molecule has 0 bridgehead atoms. The van der Waals surface area contributed by atoms with Crippen molar-refractivity contribution in [3.05, 3.63) is 35.4 Å². The van der Waals surface area contributed by atoms with Crippen LogP contribution in [0.25, 0.3) is 10.8 Å². The number of carboxylic acids is 2. The van der Waals surface area contributed by atoms with Crippen LogP contribution in [0, 0.1) is 0 Å². The quantitative estimate of drug-likeness (QED) is 0.555. The molecule has 24 heavy (non-hydrogen) atoms. The lowest BCUT2D eigenvalue weighted by Gasteiger charge is -2.12. The first-order chi connectivity index (χ1) is 10.9. The van der Waals surface area contributed by atoms with Crippen molar-refractivity contribution in [2.75, 3.05) is 0 Å². The zero-order valence-corrected chi connectivity index (χ0v) is 13.0. The minimum atomic E-state index is -5.11. The Morgan fingerprint density at radius 1 is 0.667 bits per heavy atom. The second-order valence-electron chi connectivity index (χ2n) is 4.54. The summed E-state index contributed by atoms with van der Waals surface area (Å²) in [6.45, 7) is 0. The first-order valence-electron chi connectivity index (χ1n) is 5.87. The molecular weight excluding hydrogens is 368 g/mol. The molecule has 0 amide bonds. The van der Waals surface area contributed by atoms with E-state index >= 15 is 0 Å². The zero-order valence-electron chi connectivity index (χ0n) is 11.4. The number of aromatic carboxylic acids is 2. The summed E-state index contributed by atoms with van der Waals surface area (Å²) in [5.41, 5.74) is -1.70. The fourth-order valence-corrected chi connectivity index (χ4v) is 4.02. The molecule has 12 heteroatoms. The molecule has 0 radical (unpaired) electrons. The Bertz CT molecular complexity index is 1010. The van der Waals surface area contributed by atoms with Crippen molar-refractivity contribution in [3.8, 4) is 0 Å². The predicted octanol–water partition coefficient (Wildman–Crippen LogP) is 0.730. The summed E-state index contributed by atoms with van der Waals surface area (Å²) in [6, 6.07) is 2.99. The maximum Gasteiger partial charge on any atom is 0.337 e. The molecule has 0 fully saturated rings. The molecule has 0 spiro atoms. The van der Waals surface area contributed by atoms with E-state index in [1.54, 1.807) is 0 Å². The van der Waals surface area contributed by atoms with Gasteiger partial charge in [0.25, 0.3) is 20.2 Å². The summed E-state index contributed by atoms with van der Waals surface area (Å²) in [5.74, 6) is -3.44. The first-order valence-corrected chi connectivity index (χ1v) is 8.75. The first kappa shape index (κ1) is 17.8. The number of benzene rings is 2. The van der Waals surface area contributed by atoms with Crippen LogP contribution >= 0.6 is 0 Å². The van der Waals surface area contributed by atoms with Crippen molar-refractivity contribution in [2.24, 2.45) is 0 Å². The summed E-state index contributed by atoms with van der Waals surface area (Å²) in [5, 5.41) is 16.9. The minimum Gasteiger partial charge on any atom is -0.478 e. The van der Waals surface area contributed by atoms with Gasteiger partial charge in [-0.1, -0.05) is 12.1 Å². The van der Waals surface area contributed by atoms with E-state index in [4.69, 9.17) is 10.2 Å². The standard InChI is InChI=1S/C12H8O10S2/c13-11(14)7-3-1-5-6(10(7)24(20,21)22)2-4-8(12(15)16)9(5)23(17,18)19/h1-4H,(H,13,14)(H,15,16)(H,17,18,19)(H,20,21,22). The second-order valence-corrected chi connectivity index (χ2v) is 7.26. The molecular formula is C12H8O10S2. The molecule has 2 aromatic carbocycles. The molecule has 128 valence electrons. The van der Waals surface area contributed by atoms with Crippen LogP contribution in [0.15, 0.2) is 34.1 Å². The Morgan fingerprint density at radius 3 is 1.17 bits per heavy atom. The molecule has 0 aliphatic heterocycles. The normalized spacial score (nSPS) is 12.2. The van der Waals surface area contributed by atoms with Gasteiger partial charge in [-0.2, -0.15) is 16.8 Å². The molecule has 0 saturated heterocycles. The van der Waals surface area contributed by atoms with E-state index in [1.165, 1.54) is 0 Å².